The van der Waals surface area contributed by atoms with Crippen molar-refractivity contribution in [2.45, 2.75) is 32.4 Å². The molecular weight excluding hydrogens is 277 g/mol. The fourth-order valence-electron chi connectivity index (χ4n) is 1.90. The van der Waals surface area contributed by atoms with Crippen LogP contribution in [0.3, 0.4) is 0 Å². The average Bonchev–Trinajstić information content (AvgIpc) is 2.37. The van der Waals surface area contributed by atoms with Crippen molar-refractivity contribution < 1.29 is 17.9 Å². The van der Waals surface area contributed by atoms with Crippen LogP contribution in [0.25, 0.3) is 0 Å². The fraction of sp³-hybridized carbons (Fsp3) is 0.294. The van der Waals surface area contributed by atoms with Crippen LogP contribution in [0.1, 0.15) is 31.9 Å². The average molecular weight is 294 g/mol. The van der Waals surface area contributed by atoms with E-state index in [0.717, 1.165) is 17.7 Å². The van der Waals surface area contributed by atoms with E-state index in [1.54, 1.807) is 6.07 Å². The van der Waals surface area contributed by atoms with Crippen LogP contribution < -0.4 is 4.74 Å². The zero-order valence-corrected chi connectivity index (χ0v) is 12.2. The van der Waals surface area contributed by atoms with Crippen molar-refractivity contribution in [1.29, 1.82) is 0 Å². The van der Waals surface area contributed by atoms with Gasteiger partial charge in [-0.05, 0) is 41.3 Å². The van der Waals surface area contributed by atoms with Gasteiger partial charge in [0.05, 0.1) is 5.56 Å². The van der Waals surface area contributed by atoms with Crippen LogP contribution in [-0.2, 0) is 11.6 Å². The fourth-order valence-corrected chi connectivity index (χ4v) is 1.90. The molecule has 0 aliphatic rings. The Bertz CT molecular complexity index is 569. The third-order valence-corrected chi connectivity index (χ3v) is 3.10. The molecule has 4 heteroatoms. The maximum atomic E-state index is 12.7. The molecular formula is C17H17F3O. The first-order chi connectivity index (χ1) is 9.66. The highest BCUT2D eigenvalue weighted by atomic mass is 19.4. The molecule has 112 valence electrons. The predicted octanol–water partition coefficient (Wildman–Crippen LogP) is 5.80. The summed E-state index contributed by atoms with van der Waals surface area (Å²) in [7, 11) is 0. The van der Waals surface area contributed by atoms with Crippen molar-refractivity contribution in [2.75, 3.05) is 0 Å². The summed E-state index contributed by atoms with van der Waals surface area (Å²) in [5, 5.41) is 0. The van der Waals surface area contributed by atoms with Crippen LogP contribution in [0.2, 0.25) is 0 Å². The molecule has 0 spiro atoms. The molecule has 2 aromatic carbocycles. The first-order valence-corrected chi connectivity index (χ1v) is 6.62. The van der Waals surface area contributed by atoms with Crippen molar-refractivity contribution in [1.82, 2.24) is 0 Å². The summed E-state index contributed by atoms with van der Waals surface area (Å²) in [5.74, 6) is 0.706. The van der Waals surface area contributed by atoms with Gasteiger partial charge in [-0.2, -0.15) is 13.2 Å². The number of ether oxygens (including phenoxy) is 1. The number of halogens is 3. The maximum Gasteiger partial charge on any atom is 0.416 e. The molecule has 0 unspecified atom stereocenters. The highest BCUT2D eigenvalue weighted by Gasteiger charge is 2.30. The van der Waals surface area contributed by atoms with Crippen molar-refractivity contribution in [3.8, 4) is 11.5 Å². The van der Waals surface area contributed by atoms with Crippen LogP contribution in [0.4, 0.5) is 13.2 Å². The van der Waals surface area contributed by atoms with E-state index < -0.39 is 11.7 Å². The summed E-state index contributed by atoms with van der Waals surface area (Å²) in [6.07, 6.45) is -4.37. The summed E-state index contributed by atoms with van der Waals surface area (Å²) in [4.78, 5) is 0. The first kappa shape index (κ1) is 15.4. The third kappa shape index (κ3) is 4.00. The van der Waals surface area contributed by atoms with Crippen LogP contribution in [0.5, 0.6) is 11.5 Å². The van der Waals surface area contributed by atoms with Crippen LogP contribution in [0, 0.1) is 0 Å². The monoisotopic (exact) mass is 294 g/mol. The van der Waals surface area contributed by atoms with Crippen LogP contribution in [-0.4, -0.2) is 0 Å². The Balaban J connectivity index is 2.27. The molecule has 0 saturated heterocycles. The minimum Gasteiger partial charge on any atom is -0.457 e. The van der Waals surface area contributed by atoms with E-state index in [9.17, 15) is 13.2 Å². The molecule has 0 fully saturated rings. The number of hydrogen-bond donors (Lipinski definition) is 0. The lowest BCUT2D eigenvalue weighted by molar-refractivity contribution is -0.137. The molecule has 21 heavy (non-hydrogen) atoms. The lowest BCUT2D eigenvalue weighted by Gasteiger charge is -2.19. The van der Waals surface area contributed by atoms with E-state index in [2.05, 4.69) is 20.8 Å². The van der Waals surface area contributed by atoms with Crippen molar-refractivity contribution in [3.05, 3.63) is 59.7 Å². The lowest BCUT2D eigenvalue weighted by Crippen LogP contribution is -2.10. The van der Waals surface area contributed by atoms with E-state index in [1.165, 1.54) is 12.1 Å². The second-order valence-electron chi connectivity index (χ2n) is 5.91. The third-order valence-electron chi connectivity index (χ3n) is 3.10. The molecule has 0 heterocycles. The topological polar surface area (TPSA) is 9.23 Å². The molecule has 1 nitrogen and oxygen atoms in total. The van der Waals surface area contributed by atoms with Gasteiger partial charge in [0.15, 0.2) is 0 Å². The summed E-state index contributed by atoms with van der Waals surface area (Å²) < 4.78 is 43.6. The van der Waals surface area contributed by atoms with E-state index in [0.29, 0.717) is 5.75 Å². The van der Waals surface area contributed by atoms with Gasteiger partial charge >= 0.3 is 6.18 Å². The quantitative estimate of drug-likeness (QED) is 0.680. The smallest absolute Gasteiger partial charge is 0.416 e. The Labute approximate surface area is 122 Å². The van der Waals surface area contributed by atoms with Gasteiger partial charge in [0.2, 0.25) is 0 Å². The highest BCUT2D eigenvalue weighted by Crippen LogP contribution is 2.33. The minimum atomic E-state index is -4.37. The number of alkyl halides is 3. The van der Waals surface area contributed by atoms with Gasteiger partial charge in [-0.3, -0.25) is 0 Å². The van der Waals surface area contributed by atoms with Gasteiger partial charge in [-0.25, -0.2) is 0 Å². The van der Waals surface area contributed by atoms with Gasteiger partial charge in [-0.15, -0.1) is 0 Å². The Morgan fingerprint density at radius 3 is 1.71 bits per heavy atom. The second-order valence-corrected chi connectivity index (χ2v) is 5.91. The Morgan fingerprint density at radius 1 is 0.762 bits per heavy atom. The van der Waals surface area contributed by atoms with Gasteiger partial charge in [0, 0.05) is 0 Å². The number of hydrogen-bond acceptors (Lipinski definition) is 1. The minimum absolute atomic E-state index is 0.0484. The van der Waals surface area contributed by atoms with E-state index in [-0.39, 0.29) is 11.2 Å². The highest BCUT2D eigenvalue weighted by molar-refractivity contribution is 5.38. The summed E-state index contributed by atoms with van der Waals surface area (Å²) >= 11 is 0. The SMILES string of the molecule is CC(C)(C)c1cccc(Oc2cccc(C(F)(F)F)c2)c1. The standard InChI is InChI=1S/C17H17F3O/c1-16(2,3)12-6-4-8-14(10-12)21-15-9-5-7-13(11-15)17(18,19)20/h4-11H,1-3H3. The Morgan fingerprint density at radius 2 is 1.24 bits per heavy atom. The van der Waals surface area contributed by atoms with Crippen molar-refractivity contribution in [3.63, 3.8) is 0 Å². The van der Waals surface area contributed by atoms with E-state index >= 15 is 0 Å². The molecule has 0 amide bonds. The molecule has 0 radical (unpaired) electrons. The Hall–Kier alpha value is -1.97. The van der Waals surface area contributed by atoms with Gasteiger partial charge in [0.1, 0.15) is 11.5 Å². The Kier molecular flexibility index (Phi) is 3.99. The maximum absolute atomic E-state index is 12.7. The zero-order valence-electron chi connectivity index (χ0n) is 12.2. The summed E-state index contributed by atoms with van der Waals surface area (Å²) in [6.45, 7) is 6.20. The molecule has 0 saturated carbocycles. The summed E-state index contributed by atoms with van der Waals surface area (Å²) in [6, 6.07) is 12.3. The molecule has 0 aliphatic heterocycles. The molecule has 2 aromatic rings. The molecule has 2 rings (SSSR count). The lowest BCUT2D eigenvalue weighted by atomic mass is 9.87. The van der Waals surface area contributed by atoms with Crippen molar-refractivity contribution in [2.24, 2.45) is 0 Å². The van der Waals surface area contributed by atoms with Gasteiger partial charge in [-0.1, -0.05) is 39.0 Å². The number of benzene rings is 2. The molecule has 0 N–H and O–H groups in total. The normalized spacial score (nSPS) is 12.3. The zero-order chi connectivity index (χ0) is 15.7. The van der Waals surface area contributed by atoms with Crippen molar-refractivity contribution >= 4 is 0 Å². The van der Waals surface area contributed by atoms with Gasteiger partial charge in [0.25, 0.3) is 0 Å². The molecule has 0 aliphatic carbocycles. The summed E-state index contributed by atoms with van der Waals surface area (Å²) in [5.41, 5.74) is 0.298. The molecule has 0 atom stereocenters. The predicted molar refractivity (Wildman–Crippen MR) is 76.7 cm³/mol. The largest absolute Gasteiger partial charge is 0.457 e. The van der Waals surface area contributed by atoms with Crippen LogP contribution in [0.15, 0.2) is 48.5 Å². The second kappa shape index (κ2) is 5.43. The van der Waals surface area contributed by atoms with E-state index in [4.69, 9.17) is 4.74 Å². The molecule has 0 bridgehead atoms. The van der Waals surface area contributed by atoms with Gasteiger partial charge < -0.3 is 4.74 Å². The molecule has 0 aromatic heterocycles. The first-order valence-electron chi connectivity index (χ1n) is 6.62. The van der Waals surface area contributed by atoms with E-state index in [1.807, 2.05) is 18.2 Å². The van der Waals surface area contributed by atoms with Crippen LogP contribution >= 0.6 is 0 Å². The number of rotatable bonds is 2.